The van der Waals surface area contributed by atoms with E-state index in [0.717, 1.165) is 12.1 Å². The number of hydrogen-bond acceptors (Lipinski definition) is 6. The molecule has 1 amide bonds. The molecule has 0 aromatic carbocycles. The van der Waals surface area contributed by atoms with Crippen molar-refractivity contribution < 1.29 is 13.7 Å². The number of carbonyl (C=O) groups excluding carboxylic acids is 1. The van der Waals surface area contributed by atoms with E-state index in [-0.39, 0.29) is 12.5 Å². The van der Waals surface area contributed by atoms with Crippen molar-refractivity contribution in [1.29, 1.82) is 0 Å². The Morgan fingerprint density at radius 3 is 3.10 bits per heavy atom. The quantitative estimate of drug-likeness (QED) is 0.763. The first-order chi connectivity index (χ1) is 10.3. The van der Waals surface area contributed by atoms with Gasteiger partial charge in [0.1, 0.15) is 6.26 Å². The van der Waals surface area contributed by atoms with Gasteiger partial charge < -0.3 is 14.3 Å². The van der Waals surface area contributed by atoms with Crippen molar-refractivity contribution in [1.82, 2.24) is 25.2 Å². The second-order valence-electron chi connectivity index (χ2n) is 4.29. The van der Waals surface area contributed by atoms with Crippen molar-refractivity contribution >= 4 is 5.91 Å². The minimum atomic E-state index is -0.262. The lowest BCUT2D eigenvalue weighted by Gasteiger charge is -1.97. The number of furan rings is 1. The SMILES string of the molecule is CCn1cc(-c2noc(CNC(=O)c3ccoc3)n2)cn1. The summed E-state index contributed by atoms with van der Waals surface area (Å²) in [5.41, 5.74) is 1.21. The van der Waals surface area contributed by atoms with Gasteiger partial charge in [-0.1, -0.05) is 5.16 Å². The Hall–Kier alpha value is -2.90. The molecule has 0 saturated heterocycles. The van der Waals surface area contributed by atoms with E-state index in [0.29, 0.717) is 17.3 Å². The van der Waals surface area contributed by atoms with Crippen molar-refractivity contribution in [2.24, 2.45) is 0 Å². The van der Waals surface area contributed by atoms with Gasteiger partial charge in [-0.05, 0) is 13.0 Å². The van der Waals surface area contributed by atoms with Crippen LogP contribution in [0.1, 0.15) is 23.2 Å². The number of aromatic nitrogens is 4. The molecule has 3 rings (SSSR count). The second-order valence-corrected chi connectivity index (χ2v) is 4.29. The molecule has 0 aliphatic rings. The van der Waals surface area contributed by atoms with Gasteiger partial charge in [0.15, 0.2) is 0 Å². The summed E-state index contributed by atoms with van der Waals surface area (Å²) < 4.78 is 11.7. The Morgan fingerprint density at radius 2 is 2.38 bits per heavy atom. The summed E-state index contributed by atoms with van der Waals surface area (Å²) in [6.07, 6.45) is 6.31. The molecule has 0 bridgehead atoms. The molecule has 3 aromatic rings. The van der Waals surface area contributed by atoms with Gasteiger partial charge in [-0.2, -0.15) is 10.1 Å². The van der Waals surface area contributed by atoms with Gasteiger partial charge in [-0.25, -0.2) is 0 Å². The van der Waals surface area contributed by atoms with E-state index in [9.17, 15) is 4.79 Å². The third-order valence-electron chi connectivity index (χ3n) is 2.87. The molecule has 0 aliphatic carbocycles. The Morgan fingerprint density at radius 1 is 1.48 bits per heavy atom. The standard InChI is InChI=1S/C13H13N5O3/c1-2-18-7-10(5-15-18)12-16-11(21-17-12)6-14-13(19)9-3-4-20-8-9/h3-5,7-8H,2,6H2,1H3,(H,14,19). The van der Waals surface area contributed by atoms with Crippen molar-refractivity contribution in [3.05, 3.63) is 42.4 Å². The van der Waals surface area contributed by atoms with E-state index >= 15 is 0 Å². The summed E-state index contributed by atoms with van der Waals surface area (Å²) in [5, 5.41) is 10.7. The first-order valence-corrected chi connectivity index (χ1v) is 6.42. The highest BCUT2D eigenvalue weighted by Crippen LogP contribution is 2.14. The molecule has 3 aromatic heterocycles. The van der Waals surface area contributed by atoms with Gasteiger partial charge in [-0.15, -0.1) is 0 Å². The molecule has 8 nitrogen and oxygen atoms in total. The van der Waals surface area contributed by atoms with Crippen LogP contribution in [0.15, 0.2) is 39.9 Å². The number of carbonyl (C=O) groups is 1. The van der Waals surface area contributed by atoms with Crippen LogP contribution in [0.3, 0.4) is 0 Å². The van der Waals surface area contributed by atoms with Crippen molar-refractivity contribution in [2.75, 3.05) is 0 Å². The fourth-order valence-electron chi connectivity index (χ4n) is 1.75. The molecule has 0 spiro atoms. The Labute approximate surface area is 119 Å². The van der Waals surface area contributed by atoms with E-state index < -0.39 is 0 Å². The first kappa shape index (κ1) is 13.1. The predicted octanol–water partition coefficient (Wildman–Crippen LogP) is 1.48. The van der Waals surface area contributed by atoms with Crippen LogP contribution in [0, 0.1) is 0 Å². The molecule has 1 N–H and O–H groups in total. The largest absolute Gasteiger partial charge is 0.472 e. The lowest BCUT2D eigenvalue weighted by atomic mass is 10.3. The van der Waals surface area contributed by atoms with Crippen molar-refractivity contribution in [2.45, 2.75) is 20.0 Å². The molecule has 0 atom stereocenters. The molecule has 0 fully saturated rings. The summed E-state index contributed by atoms with van der Waals surface area (Å²) in [6, 6.07) is 1.58. The normalized spacial score (nSPS) is 10.7. The molecular weight excluding hydrogens is 274 g/mol. The summed E-state index contributed by atoms with van der Waals surface area (Å²) in [7, 11) is 0. The van der Waals surface area contributed by atoms with Crippen LogP contribution < -0.4 is 5.32 Å². The molecule has 0 radical (unpaired) electrons. The van der Waals surface area contributed by atoms with Gasteiger partial charge in [0.05, 0.1) is 30.1 Å². The number of nitrogens with one attached hydrogen (secondary N) is 1. The smallest absolute Gasteiger partial charge is 0.254 e. The van der Waals surface area contributed by atoms with Crippen LogP contribution in [0.2, 0.25) is 0 Å². The van der Waals surface area contributed by atoms with E-state index in [1.165, 1.54) is 12.5 Å². The van der Waals surface area contributed by atoms with Gasteiger partial charge in [0.25, 0.3) is 5.91 Å². The zero-order valence-corrected chi connectivity index (χ0v) is 11.3. The molecule has 108 valence electrons. The van der Waals surface area contributed by atoms with Gasteiger partial charge in [-0.3, -0.25) is 9.48 Å². The zero-order chi connectivity index (χ0) is 14.7. The molecule has 3 heterocycles. The predicted molar refractivity (Wildman–Crippen MR) is 71.1 cm³/mol. The maximum Gasteiger partial charge on any atom is 0.254 e. The molecule has 0 unspecified atom stereocenters. The van der Waals surface area contributed by atoms with E-state index in [4.69, 9.17) is 8.94 Å². The summed E-state index contributed by atoms with van der Waals surface area (Å²) in [5.74, 6) is 0.510. The summed E-state index contributed by atoms with van der Waals surface area (Å²) >= 11 is 0. The maximum atomic E-state index is 11.7. The minimum absolute atomic E-state index is 0.152. The van der Waals surface area contributed by atoms with Gasteiger partial charge in [0.2, 0.25) is 11.7 Å². The lowest BCUT2D eigenvalue weighted by Crippen LogP contribution is -2.22. The maximum absolute atomic E-state index is 11.7. The third-order valence-corrected chi connectivity index (χ3v) is 2.87. The highest BCUT2D eigenvalue weighted by Gasteiger charge is 2.12. The highest BCUT2D eigenvalue weighted by molar-refractivity contribution is 5.93. The number of amides is 1. The fourth-order valence-corrected chi connectivity index (χ4v) is 1.75. The molecule has 0 saturated carbocycles. The van der Waals surface area contributed by atoms with E-state index in [1.807, 2.05) is 13.1 Å². The van der Waals surface area contributed by atoms with Gasteiger partial charge >= 0.3 is 0 Å². The third kappa shape index (κ3) is 2.83. The number of aryl methyl sites for hydroxylation is 1. The number of nitrogens with zero attached hydrogens (tertiary/aromatic N) is 4. The first-order valence-electron chi connectivity index (χ1n) is 6.42. The summed E-state index contributed by atoms with van der Waals surface area (Å²) in [4.78, 5) is 15.9. The lowest BCUT2D eigenvalue weighted by molar-refractivity contribution is 0.0945. The number of rotatable bonds is 5. The van der Waals surface area contributed by atoms with Crippen LogP contribution in [-0.2, 0) is 13.1 Å². The molecule has 8 heteroatoms. The van der Waals surface area contributed by atoms with Crippen LogP contribution >= 0.6 is 0 Å². The summed E-state index contributed by atoms with van der Waals surface area (Å²) in [6.45, 7) is 2.91. The highest BCUT2D eigenvalue weighted by atomic mass is 16.5. The average molecular weight is 287 g/mol. The zero-order valence-electron chi connectivity index (χ0n) is 11.3. The topological polar surface area (TPSA) is 99.0 Å². The Bertz CT molecular complexity index is 729. The van der Waals surface area contributed by atoms with E-state index in [2.05, 4.69) is 20.6 Å². The molecule has 21 heavy (non-hydrogen) atoms. The van der Waals surface area contributed by atoms with E-state index in [1.54, 1.807) is 16.9 Å². The Kier molecular flexibility index (Phi) is 3.50. The van der Waals surface area contributed by atoms with Crippen LogP contribution in [0.5, 0.6) is 0 Å². The van der Waals surface area contributed by atoms with Crippen LogP contribution in [0.25, 0.3) is 11.4 Å². The van der Waals surface area contributed by atoms with Crippen molar-refractivity contribution in [3.63, 3.8) is 0 Å². The van der Waals surface area contributed by atoms with Crippen molar-refractivity contribution in [3.8, 4) is 11.4 Å². The minimum Gasteiger partial charge on any atom is -0.472 e. The average Bonchev–Trinajstić information content (AvgIpc) is 3.24. The van der Waals surface area contributed by atoms with Crippen LogP contribution in [0.4, 0.5) is 0 Å². The second kappa shape index (κ2) is 5.61. The number of hydrogen-bond donors (Lipinski definition) is 1. The monoisotopic (exact) mass is 287 g/mol. The fraction of sp³-hybridized carbons (Fsp3) is 0.231. The van der Waals surface area contributed by atoms with Gasteiger partial charge in [0, 0.05) is 12.7 Å². The Balaban J connectivity index is 1.64. The molecule has 0 aliphatic heterocycles. The molecular formula is C13H13N5O3. The van der Waals surface area contributed by atoms with Crippen LogP contribution in [-0.4, -0.2) is 25.8 Å².